The lowest BCUT2D eigenvalue weighted by Crippen LogP contribution is -2.34. The second-order valence-electron chi connectivity index (χ2n) is 3.86. The fraction of sp³-hybridized carbons (Fsp3) is 0.417. The topological polar surface area (TPSA) is 41.1 Å². The van der Waals surface area contributed by atoms with Crippen LogP contribution < -0.4 is 10.6 Å². The molecule has 1 rings (SSSR count). The highest BCUT2D eigenvalue weighted by Crippen LogP contribution is 2.14. The predicted molar refractivity (Wildman–Crippen MR) is 62.7 cm³/mol. The van der Waals surface area contributed by atoms with Gasteiger partial charge >= 0.3 is 0 Å². The van der Waals surface area contributed by atoms with E-state index in [1.165, 1.54) is 6.07 Å². The standard InChI is InChI=1S/C12H16F2N2O/c1-3-8(2)15-7-12(17)16-11-5-4-9(13)6-10(11)14/h4-6,8,15H,3,7H2,1-2H3,(H,16,17). The van der Waals surface area contributed by atoms with Crippen molar-refractivity contribution in [1.82, 2.24) is 5.32 Å². The molecule has 0 aliphatic carbocycles. The SMILES string of the molecule is CCC(C)NCC(=O)Nc1ccc(F)cc1F. The Morgan fingerprint density at radius 1 is 1.41 bits per heavy atom. The van der Waals surface area contributed by atoms with Crippen LogP contribution in [0.5, 0.6) is 0 Å². The number of benzene rings is 1. The second kappa shape index (κ2) is 6.30. The third kappa shape index (κ3) is 4.48. The fourth-order valence-corrected chi connectivity index (χ4v) is 1.20. The van der Waals surface area contributed by atoms with E-state index in [9.17, 15) is 13.6 Å². The minimum Gasteiger partial charge on any atom is -0.322 e. The van der Waals surface area contributed by atoms with E-state index in [2.05, 4.69) is 10.6 Å². The maximum Gasteiger partial charge on any atom is 0.238 e. The Labute approximate surface area is 99.2 Å². The zero-order valence-electron chi connectivity index (χ0n) is 9.89. The molecule has 0 spiro atoms. The van der Waals surface area contributed by atoms with Gasteiger partial charge in [0.1, 0.15) is 11.6 Å². The van der Waals surface area contributed by atoms with Gasteiger partial charge in [-0.1, -0.05) is 6.92 Å². The highest BCUT2D eigenvalue weighted by Gasteiger charge is 2.08. The van der Waals surface area contributed by atoms with Crippen LogP contribution in [0.3, 0.4) is 0 Å². The summed E-state index contributed by atoms with van der Waals surface area (Å²) in [5.41, 5.74) is -0.0117. The molecule has 1 unspecified atom stereocenters. The highest BCUT2D eigenvalue weighted by molar-refractivity contribution is 5.92. The number of nitrogens with one attached hydrogen (secondary N) is 2. The van der Waals surface area contributed by atoms with Crippen molar-refractivity contribution in [3.8, 4) is 0 Å². The van der Waals surface area contributed by atoms with Crippen LogP contribution in [-0.4, -0.2) is 18.5 Å². The van der Waals surface area contributed by atoms with Gasteiger partial charge < -0.3 is 10.6 Å². The normalized spacial score (nSPS) is 12.2. The molecule has 5 heteroatoms. The van der Waals surface area contributed by atoms with E-state index in [1.807, 2.05) is 13.8 Å². The van der Waals surface area contributed by atoms with Crippen LogP contribution in [0, 0.1) is 11.6 Å². The molecule has 0 fully saturated rings. The lowest BCUT2D eigenvalue weighted by molar-refractivity contribution is -0.115. The Hall–Kier alpha value is -1.49. The van der Waals surface area contributed by atoms with Gasteiger partial charge in [0.15, 0.2) is 0 Å². The molecule has 2 N–H and O–H groups in total. The van der Waals surface area contributed by atoms with E-state index in [0.717, 1.165) is 18.6 Å². The summed E-state index contributed by atoms with van der Waals surface area (Å²) in [5, 5.41) is 5.35. The van der Waals surface area contributed by atoms with Crippen LogP contribution in [0.4, 0.5) is 14.5 Å². The summed E-state index contributed by atoms with van der Waals surface area (Å²) < 4.78 is 25.8. The van der Waals surface area contributed by atoms with Crippen molar-refractivity contribution in [3.63, 3.8) is 0 Å². The number of anilines is 1. The third-order valence-corrected chi connectivity index (χ3v) is 2.43. The van der Waals surface area contributed by atoms with Crippen molar-refractivity contribution in [1.29, 1.82) is 0 Å². The third-order valence-electron chi connectivity index (χ3n) is 2.43. The zero-order valence-corrected chi connectivity index (χ0v) is 9.89. The Balaban J connectivity index is 2.50. The van der Waals surface area contributed by atoms with Crippen LogP contribution in [0.2, 0.25) is 0 Å². The number of halogens is 2. The summed E-state index contributed by atoms with van der Waals surface area (Å²) in [4.78, 5) is 11.4. The molecule has 0 heterocycles. The maximum absolute atomic E-state index is 13.2. The molecule has 0 aromatic heterocycles. The Morgan fingerprint density at radius 3 is 2.71 bits per heavy atom. The number of hydrogen-bond donors (Lipinski definition) is 2. The van der Waals surface area contributed by atoms with E-state index in [1.54, 1.807) is 0 Å². The van der Waals surface area contributed by atoms with Crippen LogP contribution in [0.25, 0.3) is 0 Å². The molecule has 94 valence electrons. The smallest absolute Gasteiger partial charge is 0.238 e. The Morgan fingerprint density at radius 2 is 2.12 bits per heavy atom. The number of carbonyl (C=O) groups excluding carboxylic acids is 1. The first kappa shape index (κ1) is 13.6. The first-order valence-electron chi connectivity index (χ1n) is 5.51. The Kier molecular flexibility index (Phi) is 5.03. The average Bonchev–Trinajstić information content (AvgIpc) is 2.29. The van der Waals surface area contributed by atoms with Crippen molar-refractivity contribution in [2.45, 2.75) is 26.3 Å². The van der Waals surface area contributed by atoms with Crippen molar-refractivity contribution in [3.05, 3.63) is 29.8 Å². The lowest BCUT2D eigenvalue weighted by atomic mass is 10.2. The second-order valence-corrected chi connectivity index (χ2v) is 3.86. The van der Waals surface area contributed by atoms with Gasteiger partial charge in [-0.2, -0.15) is 0 Å². The van der Waals surface area contributed by atoms with Crippen molar-refractivity contribution >= 4 is 11.6 Å². The van der Waals surface area contributed by atoms with Crippen LogP contribution in [0.1, 0.15) is 20.3 Å². The summed E-state index contributed by atoms with van der Waals surface area (Å²) in [7, 11) is 0. The quantitative estimate of drug-likeness (QED) is 0.831. The largest absolute Gasteiger partial charge is 0.322 e. The first-order chi connectivity index (χ1) is 8.02. The fourth-order valence-electron chi connectivity index (χ4n) is 1.20. The number of rotatable bonds is 5. The van der Waals surface area contributed by atoms with Gasteiger partial charge in [0, 0.05) is 12.1 Å². The molecule has 0 aliphatic rings. The van der Waals surface area contributed by atoms with Gasteiger partial charge in [-0.05, 0) is 25.5 Å². The molecule has 17 heavy (non-hydrogen) atoms. The molecule has 0 saturated carbocycles. The number of hydrogen-bond acceptors (Lipinski definition) is 2. The summed E-state index contributed by atoms with van der Waals surface area (Å²) in [5.74, 6) is -1.80. The summed E-state index contributed by atoms with van der Waals surface area (Å²) in [6, 6.07) is 3.25. The molecule has 1 aromatic rings. The molecular formula is C12H16F2N2O. The molecule has 1 aromatic carbocycles. The van der Waals surface area contributed by atoms with E-state index in [0.29, 0.717) is 0 Å². The first-order valence-corrected chi connectivity index (χ1v) is 5.51. The van der Waals surface area contributed by atoms with Gasteiger partial charge in [0.25, 0.3) is 0 Å². The number of carbonyl (C=O) groups is 1. The van der Waals surface area contributed by atoms with E-state index in [-0.39, 0.29) is 24.2 Å². The monoisotopic (exact) mass is 242 g/mol. The van der Waals surface area contributed by atoms with Crippen molar-refractivity contribution in [2.24, 2.45) is 0 Å². The maximum atomic E-state index is 13.2. The van der Waals surface area contributed by atoms with Crippen LogP contribution in [-0.2, 0) is 4.79 Å². The Bertz CT molecular complexity index is 396. The van der Waals surface area contributed by atoms with Crippen molar-refractivity contribution in [2.75, 3.05) is 11.9 Å². The lowest BCUT2D eigenvalue weighted by Gasteiger charge is -2.11. The van der Waals surface area contributed by atoms with Gasteiger partial charge in [0.2, 0.25) is 5.91 Å². The average molecular weight is 242 g/mol. The molecule has 0 saturated heterocycles. The molecular weight excluding hydrogens is 226 g/mol. The number of amides is 1. The van der Waals surface area contributed by atoms with Crippen LogP contribution in [0.15, 0.2) is 18.2 Å². The predicted octanol–water partition coefficient (Wildman–Crippen LogP) is 2.29. The molecule has 0 radical (unpaired) electrons. The summed E-state index contributed by atoms with van der Waals surface area (Å²) in [6.07, 6.45) is 0.901. The van der Waals surface area contributed by atoms with E-state index >= 15 is 0 Å². The van der Waals surface area contributed by atoms with E-state index < -0.39 is 11.6 Å². The molecule has 3 nitrogen and oxygen atoms in total. The van der Waals surface area contributed by atoms with Gasteiger partial charge in [-0.25, -0.2) is 8.78 Å². The summed E-state index contributed by atoms with van der Waals surface area (Å²) in [6.45, 7) is 4.05. The van der Waals surface area contributed by atoms with Crippen molar-refractivity contribution < 1.29 is 13.6 Å². The van der Waals surface area contributed by atoms with E-state index in [4.69, 9.17) is 0 Å². The van der Waals surface area contributed by atoms with Gasteiger partial charge in [0.05, 0.1) is 12.2 Å². The molecule has 1 atom stereocenters. The minimum absolute atomic E-state index is 0.0117. The van der Waals surface area contributed by atoms with Gasteiger partial charge in [-0.15, -0.1) is 0 Å². The molecule has 1 amide bonds. The summed E-state index contributed by atoms with van der Waals surface area (Å²) >= 11 is 0. The molecule has 0 aliphatic heterocycles. The highest BCUT2D eigenvalue weighted by atomic mass is 19.1. The zero-order chi connectivity index (χ0) is 12.8. The molecule has 0 bridgehead atoms. The van der Waals surface area contributed by atoms with Gasteiger partial charge in [-0.3, -0.25) is 4.79 Å². The van der Waals surface area contributed by atoms with Crippen LogP contribution >= 0.6 is 0 Å². The minimum atomic E-state index is -0.776.